The monoisotopic (exact) mass is 392 g/mol. The van der Waals surface area contributed by atoms with Crippen molar-refractivity contribution in [3.05, 3.63) is 35.9 Å². The molecular weight excluding hydrogens is 356 g/mol. The zero-order valence-corrected chi connectivity index (χ0v) is 18.0. The molecule has 0 fully saturated rings. The van der Waals surface area contributed by atoms with Crippen molar-refractivity contribution in [1.82, 2.24) is 10.2 Å². The summed E-state index contributed by atoms with van der Waals surface area (Å²) in [6.45, 7) is 10.7. The predicted molar refractivity (Wildman–Crippen MR) is 111 cm³/mol. The van der Waals surface area contributed by atoms with Crippen molar-refractivity contribution in [3.8, 4) is 0 Å². The highest BCUT2D eigenvalue weighted by Crippen LogP contribution is 2.12. The van der Waals surface area contributed by atoms with E-state index < -0.39 is 17.7 Å². The van der Waals surface area contributed by atoms with Gasteiger partial charge in [0.05, 0.1) is 6.61 Å². The van der Waals surface area contributed by atoms with E-state index in [-0.39, 0.29) is 19.2 Å². The van der Waals surface area contributed by atoms with Gasteiger partial charge in [0.25, 0.3) is 0 Å². The maximum absolute atomic E-state index is 12.5. The Kier molecular flexibility index (Phi) is 10.6. The van der Waals surface area contributed by atoms with Gasteiger partial charge in [-0.1, -0.05) is 43.7 Å². The summed E-state index contributed by atoms with van der Waals surface area (Å²) in [5.41, 5.74) is 0.609. The summed E-state index contributed by atoms with van der Waals surface area (Å²) in [5, 5.41) is 3.56. The Bertz CT molecular complexity index is 584. The van der Waals surface area contributed by atoms with Crippen molar-refractivity contribution in [2.45, 2.75) is 72.1 Å². The van der Waals surface area contributed by atoms with Crippen LogP contribution in [0.2, 0.25) is 0 Å². The van der Waals surface area contributed by atoms with Gasteiger partial charge >= 0.3 is 12.1 Å². The fourth-order valence-electron chi connectivity index (χ4n) is 2.79. The molecule has 0 saturated carbocycles. The molecule has 1 aromatic carbocycles. The topological polar surface area (TPSA) is 67.9 Å². The van der Waals surface area contributed by atoms with Crippen molar-refractivity contribution >= 4 is 12.1 Å². The first-order chi connectivity index (χ1) is 13.2. The number of esters is 1. The third kappa shape index (κ3) is 10.3. The Morgan fingerprint density at radius 3 is 2.36 bits per heavy atom. The maximum Gasteiger partial charge on any atom is 0.410 e. The molecule has 0 heterocycles. The Balaban J connectivity index is 2.68. The van der Waals surface area contributed by atoms with E-state index >= 15 is 0 Å². The van der Waals surface area contributed by atoms with E-state index in [9.17, 15) is 9.59 Å². The number of nitrogens with zero attached hydrogens (tertiary/aromatic N) is 1. The average molecular weight is 393 g/mol. The van der Waals surface area contributed by atoms with Gasteiger partial charge in [-0.25, -0.2) is 4.79 Å². The van der Waals surface area contributed by atoms with Crippen LogP contribution in [0.1, 0.15) is 59.4 Å². The molecule has 0 aliphatic heterocycles. The molecule has 1 unspecified atom stereocenters. The molecule has 0 aliphatic rings. The summed E-state index contributed by atoms with van der Waals surface area (Å²) in [6, 6.07) is 10.5. The first-order valence-electron chi connectivity index (χ1n) is 10.2. The molecule has 0 spiro atoms. The molecule has 28 heavy (non-hydrogen) atoms. The van der Waals surface area contributed by atoms with E-state index in [1.54, 1.807) is 6.92 Å². The quantitative estimate of drug-likeness (QED) is 0.573. The van der Waals surface area contributed by atoms with E-state index in [2.05, 4.69) is 24.4 Å². The molecular formula is C22H36N2O4. The molecule has 0 bridgehead atoms. The molecule has 1 atom stereocenters. The number of rotatable bonds is 11. The zero-order valence-electron chi connectivity index (χ0n) is 18.0. The van der Waals surface area contributed by atoms with Gasteiger partial charge in [0.15, 0.2) is 0 Å². The Labute approximate surface area is 169 Å². The second-order valence-electron chi connectivity index (χ2n) is 7.85. The van der Waals surface area contributed by atoms with Crippen molar-refractivity contribution in [1.29, 1.82) is 0 Å². The molecule has 0 radical (unpaired) electrons. The number of carbonyl (C=O) groups excluding carboxylic acids is 2. The van der Waals surface area contributed by atoms with Crippen LogP contribution in [0, 0.1) is 0 Å². The summed E-state index contributed by atoms with van der Waals surface area (Å²) < 4.78 is 10.5. The predicted octanol–water partition coefficient (Wildman–Crippen LogP) is 4.14. The summed E-state index contributed by atoms with van der Waals surface area (Å²) in [6.07, 6.45) is 2.28. The number of carbonyl (C=O) groups is 2. The number of ether oxygens (including phenoxy) is 2. The second kappa shape index (κ2) is 12.4. The van der Waals surface area contributed by atoms with Crippen LogP contribution in [-0.4, -0.2) is 48.3 Å². The van der Waals surface area contributed by atoms with Crippen LogP contribution < -0.4 is 5.32 Å². The number of nitrogens with one attached hydrogen (secondary N) is 1. The second-order valence-corrected chi connectivity index (χ2v) is 7.85. The van der Waals surface area contributed by atoms with Gasteiger partial charge in [0.2, 0.25) is 0 Å². The van der Waals surface area contributed by atoms with Crippen LogP contribution in [0.4, 0.5) is 4.79 Å². The van der Waals surface area contributed by atoms with E-state index in [1.165, 1.54) is 10.5 Å². The van der Waals surface area contributed by atoms with Gasteiger partial charge in [-0.3, -0.25) is 9.69 Å². The summed E-state index contributed by atoms with van der Waals surface area (Å²) >= 11 is 0. The first kappa shape index (κ1) is 24.0. The molecule has 1 N–H and O–H groups in total. The molecule has 1 rings (SSSR count). The van der Waals surface area contributed by atoms with Gasteiger partial charge in [-0.2, -0.15) is 0 Å². The SMILES string of the molecule is CCCC(CCN(CC(=O)OCC)C(=O)OC(C)(C)C)NCc1ccccc1. The van der Waals surface area contributed by atoms with Crippen LogP contribution >= 0.6 is 0 Å². The lowest BCUT2D eigenvalue weighted by atomic mass is 10.1. The molecule has 0 aromatic heterocycles. The maximum atomic E-state index is 12.5. The number of hydrogen-bond donors (Lipinski definition) is 1. The average Bonchev–Trinajstić information content (AvgIpc) is 2.62. The minimum Gasteiger partial charge on any atom is -0.465 e. The van der Waals surface area contributed by atoms with Crippen LogP contribution in [-0.2, 0) is 20.8 Å². The van der Waals surface area contributed by atoms with Gasteiger partial charge in [0, 0.05) is 19.1 Å². The van der Waals surface area contributed by atoms with Crippen molar-refractivity contribution < 1.29 is 19.1 Å². The zero-order chi connectivity index (χ0) is 21.0. The molecule has 6 heteroatoms. The first-order valence-corrected chi connectivity index (χ1v) is 10.2. The number of hydrogen-bond acceptors (Lipinski definition) is 5. The van der Waals surface area contributed by atoms with E-state index in [4.69, 9.17) is 9.47 Å². The smallest absolute Gasteiger partial charge is 0.410 e. The number of amides is 1. The fraction of sp³-hybridized carbons (Fsp3) is 0.636. The van der Waals surface area contributed by atoms with E-state index in [0.29, 0.717) is 6.54 Å². The molecule has 1 aromatic rings. The van der Waals surface area contributed by atoms with Crippen LogP contribution in [0.25, 0.3) is 0 Å². The third-order valence-corrected chi connectivity index (χ3v) is 4.10. The lowest BCUT2D eigenvalue weighted by Crippen LogP contribution is -2.43. The van der Waals surface area contributed by atoms with E-state index in [0.717, 1.165) is 25.8 Å². The molecule has 1 amide bonds. The lowest BCUT2D eigenvalue weighted by Gasteiger charge is -2.28. The van der Waals surface area contributed by atoms with Crippen LogP contribution in [0.15, 0.2) is 30.3 Å². The van der Waals surface area contributed by atoms with Gasteiger partial charge in [-0.15, -0.1) is 0 Å². The lowest BCUT2D eigenvalue weighted by molar-refractivity contribution is -0.144. The molecule has 6 nitrogen and oxygen atoms in total. The largest absolute Gasteiger partial charge is 0.465 e. The Hall–Kier alpha value is -2.08. The van der Waals surface area contributed by atoms with Crippen molar-refractivity contribution in [2.24, 2.45) is 0 Å². The van der Waals surface area contributed by atoms with E-state index in [1.807, 2.05) is 39.0 Å². The third-order valence-electron chi connectivity index (χ3n) is 4.10. The minimum absolute atomic E-state index is 0.0969. The number of benzene rings is 1. The highest BCUT2D eigenvalue weighted by Gasteiger charge is 2.25. The molecule has 0 aliphatic carbocycles. The standard InChI is InChI=1S/C22H36N2O4/c1-6-11-19(23-16-18-12-9-8-10-13-18)14-15-24(17-20(25)27-7-2)21(26)28-22(3,4)5/h8-10,12-13,19,23H,6-7,11,14-17H2,1-5H3. The van der Waals surface area contributed by atoms with Crippen LogP contribution in [0.5, 0.6) is 0 Å². The molecule has 158 valence electrons. The highest BCUT2D eigenvalue weighted by atomic mass is 16.6. The highest BCUT2D eigenvalue weighted by molar-refractivity contribution is 5.78. The van der Waals surface area contributed by atoms with Crippen LogP contribution in [0.3, 0.4) is 0 Å². The van der Waals surface area contributed by atoms with Crippen molar-refractivity contribution in [2.75, 3.05) is 19.7 Å². The van der Waals surface area contributed by atoms with Gasteiger partial charge in [0.1, 0.15) is 12.1 Å². The normalized spacial score (nSPS) is 12.3. The summed E-state index contributed by atoms with van der Waals surface area (Å²) in [7, 11) is 0. The van der Waals surface area contributed by atoms with Gasteiger partial charge in [-0.05, 0) is 46.1 Å². The summed E-state index contributed by atoms with van der Waals surface area (Å²) in [4.78, 5) is 25.9. The minimum atomic E-state index is -0.613. The van der Waals surface area contributed by atoms with Gasteiger partial charge < -0.3 is 14.8 Å². The Morgan fingerprint density at radius 2 is 1.79 bits per heavy atom. The summed E-state index contributed by atoms with van der Waals surface area (Å²) in [5.74, 6) is -0.419. The van der Waals surface area contributed by atoms with Crippen molar-refractivity contribution in [3.63, 3.8) is 0 Å². The fourth-order valence-corrected chi connectivity index (χ4v) is 2.79. The molecule has 0 saturated heterocycles. The Morgan fingerprint density at radius 1 is 1.11 bits per heavy atom.